The van der Waals surface area contributed by atoms with E-state index in [0.717, 1.165) is 12.5 Å². The van der Waals surface area contributed by atoms with Gasteiger partial charge >= 0.3 is 41.8 Å². The van der Waals surface area contributed by atoms with E-state index in [0.29, 0.717) is 6.61 Å². The van der Waals surface area contributed by atoms with E-state index in [1.165, 1.54) is 0 Å². The number of alkyl halides is 13. The molecule has 0 atom stereocenters. The van der Waals surface area contributed by atoms with E-state index < -0.39 is 84.8 Å². The summed E-state index contributed by atoms with van der Waals surface area (Å²) in [6.45, 7) is 5.67. The highest BCUT2D eigenvalue weighted by molar-refractivity contribution is 7.86. The molecule has 0 amide bonds. The largest absolute Gasteiger partial charge is 0.463 e. The zero-order valence-corrected chi connectivity index (χ0v) is 21.7. The fourth-order valence-electron chi connectivity index (χ4n) is 2.56. The fraction of sp³-hybridized carbons (Fsp3) is 0.526. The van der Waals surface area contributed by atoms with Gasteiger partial charge in [-0.3, -0.25) is 4.18 Å². The van der Waals surface area contributed by atoms with Gasteiger partial charge < -0.3 is 4.74 Å². The predicted molar refractivity (Wildman–Crippen MR) is 106 cm³/mol. The lowest BCUT2D eigenvalue weighted by molar-refractivity contribution is -0.442. The van der Waals surface area contributed by atoms with Gasteiger partial charge in [0.15, 0.2) is 23.1 Å². The van der Waals surface area contributed by atoms with Gasteiger partial charge in [0.25, 0.3) is 10.1 Å². The molecule has 0 heterocycles. The van der Waals surface area contributed by atoms with E-state index in [9.17, 15) is 92.4 Å². The number of esters is 1. The van der Waals surface area contributed by atoms with Gasteiger partial charge in [0.05, 0.1) is 19.3 Å². The van der Waals surface area contributed by atoms with Crippen molar-refractivity contribution in [3.63, 3.8) is 0 Å². The van der Waals surface area contributed by atoms with Crippen molar-refractivity contribution in [3.05, 3.63) is 35.7 Å². The van der Waals surface area contributed by atoms with Crippen LogP contribution in [-0.2, 0) is 29.8 Å². The van der Waals surface area contributed by atoms with E-state index in [1.807, 2.05) is 6.92 Å². The molecule has 1 aromatic rings. The van der Waals surface area contributed by atoms with Gasteiger partial charge in [-0.2, -0.15) is 65.5 Å². The van der Waals surface area contributed by atoms with Gasteiger partial charge in [-0.1, -0.05) is 22.5 Å². The number of carbonyl (C=O) groups excluding carboxylic acids is 1. The average molecular weight is 709 g/mol. The van der Waals surface area contributed by atoms with Crippen LogP contribution in [0.1, 0.15) is 18.9 Å². The van der Waals surface area contributed by atoms with Gasteiger partial charge in [0, 0.05) is 6.08 Å². The van der Waals surface area contributed by atoms with Crippen LogP contribution < -0.4 is 5.34 Å². The molecular formula is C19H13F18NO5S. The zero-order valence-electron chi connectivity index (χ0n) is 20.9. The number of rotatable bonds is 11. The normalized spacial score (nSPS) is 13.6. The smallest absolute Gasteiger partial charge is 0.460 e. The molecule has 0 saturated heterocycles. The van der Waals surface area contributed by atoms with Crippen LogP contribution in [0.4, 0.5) is 84.9 Å². The van der Waals surface area contributed by atoms with E-state index in [4.69, 9.17) is 0 Å². The van der Waals surface area contributed by atoms with Crippen LogP contribution in [0.3, 0.4) is 0 Å². The molecule has 0 aliphatic heterocycles. The van der Waals surface area contributed by atoms with Gasteiger partial charge in [0.1, 0.15) is 4.90 Å². The molecule has 0 radical (unpaired) electrons. The molecule has 1 rings (SSSR count). The van der Waals surface area contributed by atoms with Gasteiger partial charge in [-0.15, -0.1) is 0 Å². The number of halogens is 18. The number of anilines is 1. The Morgan fingerprint density at radius 3 is 1.57 bits per heavy atom. The molecule has 0 fully saturated rings. The summed E-state index contributed by atoms with van der Waals surface area (Å²) in [7, 11) is -6.84. The molecule has 44 heavy (non-hydrogen) atoms. The lowest BCUT2D eigenvalue weighted by Gasteiger charge is -2.40. The molecular weight excluding hydrogens is 696 g/mol. The van der Waals surface area contributed by atoms with Crippen molar-refractivity contribution >= 4 is 21.8 Å². The van der Waals surface area contributed by atoms with Crippen molar-refractivity contribution in [2.45, 2.75) is 54.0 Å². The van der Waals surface area contributed by atoms with Crippen molar-refractivity contribution in [3.8, 4) is 0 Å². The van der Waals surface area contributed by atoms with E-state index in [-0.39, 0.29) is 13.1 Å². The van der Waals surface area contributed by atoms with Crippen molar-refractivity contribution in [2.75, 3.05) is 19.1 Å². The lowest BCUT2D eigenvalue weighted by atomic mass is 9.90. The standard InChI is InChI=1S/C13H3F18NO3S.C6H10O2/c1-35-36(33,34)7-2(3(14)6(32(30)31)4(15)5(7)16)8(17,18)9(19,20)10(21,22)11(23,24)12(25,26)13(27,28)29;1-3-5-8-6(7)4-2/h1H3;4H,2-3,5H2,1H3. The molecule has 0 unspecified atom stereocenters. The zero-order chi connectivity index (χ0) is 35.7. The highest BCUT2D eigenvalue weighted by atomic mass is 32.2. The van der Waals surface area contributed by atoms with Crippen LogP contribution in [0, 0.1) is 17.5 Å². The molecule has 0 saturated carbocycles. The van der Waals surface area contributed by atoms with E-state index in [2.05, 4.69) is 15.5 Å². The monoisotopic (exact) mass is 709 g/mol. The number of benzene rings is 1. The molecule has 6 nitrogen and oxygen atoms in total. The van der Waals surface area contributed by atoms with Crippen LogP contribution in [0.5, 0.6) is 0 Å². The molecule has 256 valence electrons. The molecule has 1 aromatic carbocycles. The van der Waals surface area contributed by atoms with E-state index >= 15 is 0 Å². The summed E-state index contributed by atoms with van der Waals surface area (Å²) in [5, 5.41) is -3.07. The predicted octanol–water partition coefficient (Wildman–Crippen LogP) is 7.34. The van der Waals surface area contributed by atoms with Gasteiger partial charge in [-0.05, 0) is 11.8 Å². The fourth-order valence-corrected chi connectivity index (χ4v) is 3.51. The Labute approximate surface area is 232 Å². The molecule has 0 N–H and O–H groups in total. The summed E-state index contributed by atoms with van der Waals surface area (Å²) in [5.41, 5.74) is -7.86. The Kier molecular flexibility index (Phi) is 12.2. The lowest BCUT2D eigenvalue weighted by Crippen LogP contribution is -2.69. The summed E-state index contributed by atoms with van der Waals surface area (Å²) in [4.78, 5) is 6.59. The first-order valence-corrected chi connectivity index (χ1v) is 11.7. The molecule has 0 spiro atoms. The minimum atomic E-state index is -8.65. The van der Waals surface area contributed by atoms with Crippen LogP contribution in [-0.4, -0.2) is 58.0 Å². The van der Waals surface area contributed by atoms with Crippen LogP contribution in [0.25, 0.3) is 0 Å². The Morgan fingerprint density at radius 1 is 0.795 bits per heavy atom. The maximum atomic E-state index is 14.4. The van der Waals surface area contributed by atoms with E-state index in [1.54, 1.807) is 0 Å². The van der Waals surface area contributed by atoms with Crippen molar-refractivity contribution in [1.29, 1.82) is 0 Å². The van der Waals surface area contributed by atoms with Crippen molar-refractivity contribution in [1.82, 2.24) is 0 Å². The summed E-state index contributed by atoms with van der Waals surface area (Å²) >= 11 is 0. The van der Waals surface area contributed by atoms with Crippen LogP contribution >= 0.6 is 0 Å². The Balaban J connectivity index is 0.00000202. The summed E-state index contributed by atoms with van der Waals surface area (Å²) in [6, 6.07) is 0. The van der Waals surface area contributed by atoms with Crippen molar-refractivity contribution in [2.24, 2.45) is 0 Å². The number of nitrogens with zero attached hydrogens (tertiary/aromatic N) is 1. The topological polar surface area (TPSA) is 72.9 Å². The van der Waals surface area contributed by atoms with Gasteiger partial charge in [-0.25, -0.2) is 18.0 Å². The Morgan fingerprint density at radius 2 is 1.23 bits per heavy atom. The number of carbonyl (C=O) groups is 1. The third kappa shape index (κ3) is 6.75. The molecule has 25 heteroatoms. The number of ether oxygens (including phenoxy) is 1. The highest BCUT2D eigenvalue weighted by Crippen LogP contribution is 2.63. The molecule has 0 aromatic heterocycles. The summed E-state index contributed by atoms with van der Waals surface area (Å²) < 4.78 is 271. The maximum Gasteiger partial charge on any atom is 0.460 e. The van der Waals surface area contributed by atoms with Crippen LogP contribution in [0.2, 0.25) is 0 Å². The Bertz CT molecular complexity index is 1330. The number of hydrogen-bond acceptors (Lipinski definition) is 6. The Hall–Kier alpha value is -3.12. The summed E-state index contributed by atoms with van der Waals surface area (Å²) in [5.74, 6) is -53.5. The SMILES string of the molecule is C=CC(=O)OCCC.COS(=O)(=O)c1c(F)c(F)c(N(F)F)c(F)c1C(F)(F)C(F)(F)C(F)(F)C(F)(F)C(F)(F)C(F)(F)F. The first-order valence-electron chi connectivity index (χ1n) is 10.3. The van der Waals surface area contributed by atoms with Crippen LogP contribution in [0.15, 0.2) is 17.6 Å². The quantitative estimate of drug-likeness (QED) is 0.0599. The summed E-state index contributed by atoms with van der Waals surface area (Å²) in [6.07, 6.45) is -5.82. The third-order valence-corrected chi connectivity index (χ3v) is 6.08. The molecule has 0 aliphatic carbocycles. The maximum absolute atomic E-state index is 14.4. The first kappa shape index (κ1) is 40.9. The first-order chi connectivity index (χ1) is 19.4. The highest BCUT2D eigenvalue weighted by Gasteiger charge is 2.91. The second-order valence-corrected chi connectivity index (χ2v) is 9.24. The molecule has 0 bridgehead atoms. The minimum Gasteiger partial charge on any atom is -0.463 e. The minimum absolute atomic E-state index is 0.220. The van der Waals surface area contributed by atoms with Crippen molar-refractivity contribution < 1.29 is 101 Å². The molecule has 0 aliphatic rings. The third-order valence-electron chi connectivity index (χ3n) is 4.76. The average Bonchev–Trinajstić information content (AvgIpc) is 2.87. The second-order valence-electron chi connectivity index (χ2n) is 7.59. The second kappa shape index (κ2) is 13.1. The number of hydrogen-bond donors (Lipinski definition) is 0. The van der Waals surface area contributed by atoms with Gasteiger partial charge in [0.2, 0.25) is 0 Å².